The van der Waals surface area contributed by atoms with Gasteiger partial charge in [-0.25, -0.2) is 4.39 Å². The number of thioether (sulfide) groups is 1. The second-order valence-electron chi connectivity index (χ2n) is 7.09. The Morgan fingerprint density at radius 1 is 1.03 bits per heavy atom. The second kappa shape index (κ2) is 7.87. The van der Waals surface area contributed by atoms with Crippen LogP contribution in [0.4, 0.5) is 4.39 Å². The quantitative estimate of drug-likeness (QED) is 0.360. The van der Waals surface area contributed by atoms with Crippen LogP contribution in [0.5, 0.6) is 0 Å². The third-order valence-electron chi connectivity index (χ3n) is 5.00. The molecule has 2 aromatic heterocycles. The summed E-state index contributed by atoms with van der Waals surface area (Å²) < 4.78 is 16.4. The topological polar surface area (TPSA) is 69.3 Å². The summed E-state index contributed by atoms with van der Waals surface area (Å²) >= 11 is 1.22. The number of nitrogens with zero attached hydrogens (tertiary/aromatic N) is 4. The number of fused-ring (bicyclic) bond motifs is 1. The predicted octanol–water partition coefficient (Wildman–Crippen LogP) is 3.92. The number of Topliss-reactive ketones (excluding diaryl/α,β-unsaturated/α-hetero) is 1. The van der Waals surface area contributed by atoms with E-state index < -0.39 is 11.4 Å². The van der Waals surface area contributed by atoms with Crippen molar-refractivity contribution in [3.05, 3.63) is 87.2 Å². The van der Waals surface area contributed by atoms with Gasteiger partial charge in [0.2, 0.25) is 5.65 Å². The van der Waals surface area contributed by atoms with Gasteiger partial charge in [-0.1, -0.05) is 23.9 Å². The Kier molecular flexibility index (Phi) is 5.26. The highest BCUT2D eigenvalue weighted by Gasteiger charge is 2.16. The van der Waals surface area contributed by atoms with Crippen molar-refractivity contribution in [1.29, 1.82) is 0 Å². The molecule has 6 nitrogen and oxygen atoms in total. The SMILES string of the molecule is Cc1cc(C)c(C(=O)CSc2nnc3c(=O)n(-c4cccc(F)c4)ccn23)cc1C. The van der Waals surface area contributed by atoms with Gasteiger partial charge >= 0.3 is 5.56 Å². The van der Waals surface area contributed by atoms with Crippen LogP contribution < -0.4 is 5.56 Å². The number of hydrogen-bond donors (Lipinski definition) is 0. The number of aryl methyl sites for hydroxylation is 3. The number of halogens is 1. The molecule has 2 heterocycles. The van der Waals surface area contributed by atoms with Gasteiger partial charge in [-0.05, 0) is 61.7 Å². The van der Waals surface area contributed by atoms with Crippen molar-refractivity contribution < 1.29 is 9.18 Å². The second-order valence-corrected chi connectivity index (χ2v) is 8.04. The Hall–Kier alpha value is -3.26. The summed E-state index contributed by atoms with van der Waals surface area (Å²) in [6, 6.07) is 9.67. The van der Waals surface area contributed by atoms with Gasteiger partial charge in [-0.15, -0.1) is 10.2 Å². The van der Waals surface area contributed by atoms with Gasteiger partial charge < -0.3 is 0 Å². The van der Waals surface area contributed by atoms with E-state index in [4.69, 9.17) is 0 Å². The van der Waals surface area contributed by atoms with Gasteiger partial charge in [0.15, 0.2) is 10.9 Å². The fourth-order valence-corrected chi connectivity index (χ4v) is 4.06. The third kappa shape index (κ3) is 3.66. The molecule has 4 aromatic rings. The van der Waals surface area contributed by atoms with Crippen LogP contribution in [0.15, 0.2) is 58.7 Å². The van der Waals surface area contributed by atoms with Crippen LogP contribution in [-0.4, -0.2) is 30.7 Å². The largest absolute Gasteiger partial charge is 0.300 e. The van der Waals surface area contributed by atoms with Crippen LogP contribution in [0.25, 0.3) is 11.3 Å². The third-order valence-corrected chi connectivity index (χ3v) is 5.94. The normalized spacial score (nSPS) is 11.2. The maximum atomic E-state index is 13.5. The maximum absolute atomic E-state index is 13.5. The van der Waals surface area contributed by atoms with Crippen molar-refractivity contribution in [2.24, 2.45) is 0 Å². The lowest BCUT2D eigenvalue weighted by Gasteiger charge is -2.09. The first-order chi connectivity index (χ1) is 14.3. The summed E-state index contributed by atoms with van der Waals surface area (Å²) in [4.78, 5) is 25.5. The lowest BCUT2D eigenvalue weighted by Crippen LogP contribution is -2.20. The Balaban J connectivity index is 1.60. The van der Waals surface area contributed by atoms with Gasteiger partial charge in [0.25, 0.3) is 0 Å². The molecular formula is C22H19FN4O2S. The molecule has 0 amide bonds. The standard InChI is InChI=1S/C22H19FN4O2S/c1-13-9-15(3)18(10-14(13)2)19(28)12-30-22-25-24-20-21(29)26(7-8-27(20)22)17-6-4-5-16(23)11-17/h4-11H,12H2,1-3H3. The molecule has 0 radical (unpaired) electrons. The Morgan fingerprint density at radius 2 is 1.80 bits per heavy atom. The zero-order valence-electron chi connectivity index (χ0n) is 16.7. The molecule has 152 valence electrons. The number of carbonyl (C=O) groups is 1. The molecule has 0 fully saturated rings. The molecule has 0 bridgehead atoms. The van der Waals surface area contributed by atoms with E-state index in [1.165, 1.54) is 40.7 Å². The Bertz CT molecular complexity index is 1340. The average molecular weight is 422 g/mol. The number of ketones is 1. The zero-order chi connectivity index (χ0) is 21.4. The summed E-state index contributed by atoms with van der Waals surface area (Å²) in [6.45, 7) is 5.92. The van der Waals surface area contributed by atoms with Crippen molar-refractivity contribution in [2.75, 3.05) is 5.75 Å². The molecule has 8 heteroatoms. The van der Waals surface area contributed by atoms with Crippen molar-refractivity contribution in [3.63, 3.8) is 0 Å². The number of carbonyl (C=O) groups excluding carboxylic acids is 1. The molecule has 0 aliphatic carbocycles. The van der Waals surface area contributed by atoms with E-state index in [1.807, 2.05) is 32.9 Å². The van der Waals surface area contributed by atoms with E-state index in [2.05, 4.69) is 10.2 Å². The van der Waals surface area contributed by atoms with Crippen molar-refractivity contribution >= 4 is 23.2 Å². The molecule has 0 aliphatic rings. The summed E-state index contributed by atoms with van der Waals surface area (Å²) in [7, 11) is 0. The number of hydrogen-bond acceptors (Lipinski definition) is 5. The lowest BCUT2D eigenvalue weighted by atomic mass is 9.99. The Morgan fingerprint density at radius 3 is 2.57 bits per heavy atom. The van der Waals surface area contributed by atoms with Gasteiger partial charge in [0.1, 0.15) is 5.82 Å². The van der Waals surface area contributed by atoms with E-state index in [-0.39, 0.29) is 17.2 Å². The molecule has 0 aliphatic heterocycles. The van der Waals surface area contributed by atoms with Gasteiger partial charge in [0.05, 0.1) is 11.4 Å². The smallest absolute Gasteiger partial charge is 0.293 e. The molecule has 0 N–H and O–H groups in total. The first-order valence-electron chi connectivity index (χ1n) is 9.31. The maximum Gasteiger partial charge on any atom is 0.300 e. The van der Waals surface area contributed by atoms with E-state index in [0.717, 1.165) is 16.7 Å². The molecule has 0 saturated heterocycles. The highest BCUT2D eigenvalue weighted by Crippen LogP contribution is 2.21. The average Bonchev–Trinajstić information content (AvgIpc) is 3.13. The molecule has 0 atom stereocenters. The van der Waals surface area contributed by atoms with Crippen LogP contribution in [-0.2, 0) is 0 Å². The molecular weight excluding hydrogens is 403 g/mol. The fourth-order valence-electron chi connectivity index (χ4n) is 3.26. The minimum absolute atomic E-state index is 0.00884. The van der Waals surface area contributed by atoms with Crippen molar-refractivity contribution in [2.45, 2.75) is 25.9 Å². The first kappa shape index (κ1) is 20.0. The van der Waals surface area contributed by atoms with E-state index >= 15 is 0 Å². The van der Waals surface area contributed by atoms with E-state index in [0.29, 0.717) is 16.4 Å². The zero-order valence-corrected chi connectivity index (χ0v) is 17.5. The number of aromatic nitrogens is 4. The molecule has 2 aromatic carbocycles. The molecule has 0 spiro atoms. The number of benzene rings is 2. The van der Waals surface area contributed by atoms with Crippen LogP contribution in [0.2, 0.25) is 0 Å². The molecule has 4 rings (SSSR count). The summed E-state index contributed by atoms with van der Waals surface area (Å²) in [5.74, 6) is -0.264. The van der Waals surface area contributed by atoms with Crippen LogP contribution in [0.1, 0.15) is 27.0 Å². The highest BCUT2D eigenvalue weighted by molar-refractivity contribution is 7.99. The lowest BCUT2D eigenvalue weighted by molar-refractivity contribution is 0.102. The summed E-state index contributed by atoms with van der Waals surface area (Å²) in [6.07, 6.45) is 3.17. The minimum Gasteiger partial charge on any atom is -0.293 e. The highest BCUT2D eigenvalue weighted by atomic mass is 32.2. The van der Waals surface area contributed by atoms with Gasteiger partial charge in [-0.3, -0.25) is 18.6 Å². The first-order valence-corrected chi connectivity index (χ1v) is 10.3. The summed E-state index contributed by atoms with van der Waals surface area (Å²) in [5, 5.41) is 8.49. The summed E-state index contributed by atoms with van der Waals surface area (Å²) in [5.41, 5.74) is 3.94. The van der Waals surface area contributed by atoms with E-state index in [9.17, 15) is 14.0 Å². The van der Waals surface area contributed by atoms with Crippen LogP contribution >= 0.6 is 11.8 Å². The van der Waals surface area contributed by atoms with Gasteiger partial charge in [-0.2, -0.15) is 0 Å². The molecule has 30 heavy (non-hydrogen) atoms. The molecule has 0 unspecified atom stereocenters. The minimum atomic E-state index is -0.433. The van der Waals surface area contributed by atoms with Gasteiger partial charge in [0, 0.05) is 18.0 Å². The van der Waals surface area contributed by atoms with E-state index in [1.54, 1.807) is 16.7 Å². The predicted molar refractivity (Wildman–Crippen MR) is 114 cm³/mol. The monoisotopic (exact) mass is 422 g/mol. The van der Waals surface area contributed by atoms with Crippen molar-refractivity contribution in [3.8, 4) is 5.69 Å². The molecule has 0 saturated carbocycles. The van der Waals surface area contributed by atoms with Crippen molar-refractivity contribution in [1.82, 2.24) is 19.2 Å². The number of rotatable bonds is 5. The van der Waals surface area contributed by atoms with Crippen LogP contribution in [0.3, 0.4) is 0 Å². The fraction of sp³-hybridized carbons (Fsp3) is 0.182. The Labute approximate surface area is 176 Å². The van der Waals surface area contributed by atoms with Crippen LogP contribution in [0, 0.1) is 26.6 Å².